The summed E-state index contributed by atoms with van der Waals surface area (Å²) in [5, 5.41) is 2.79. The molecule has 2 aliphatic rings. The molecule has 192 valence electrons. The molecule has 0 bridgehead atoms. The van der Waals surface area contributed by atoms with E-state index in [-0.39, 0.29) is 18.5 Å². The van der Waals surface area contributed by atoms with Gasteiger partial charge in [-0.1, -0.05) is 12.1 Å². The molecule has 2 aliphatic heterocycles. The Kier molecular flexibility index (Phi) is 6.72. The predicted molar refractivity (Wildman–Crippen MR) is 134 cm³/mol. The van der Waals surface area contributed by atoms with E-state index < -0.39 is 34.4 Å². The maximum absolute atomic E-state index is 13.8. The van der Waals surface area contributed by atoms with E-state index in [9.17, 15) is 22.6 Å². The monoisotopic (exact) mass is 525 g/mol. The Morgan fingerprint density at radius 2 is 1.84 bits per heavy atom. The second-order valence-corrected chi connectivity index (χ2v) is 10.5. The first kappa shape index (κ1) is 24.9. The number of nitrogens with one attached hydrogen (secondary N) is 1. The van der Waals surface area contributed by atoms with Crippen LogP contribution in [0.2, 0.25) is 0 Å². The van der Waals surface area contributed by atoms with E-state index >= 15 is 0 Å². The van der Waals surface area contributed by atoms with E-state index in [2.05, 4.69) is 15.3 Å². The fourth-order valence-corrected chi connectivity index (χ4v) is 5.57. The molecule has 8 nitrogen and oxygen atoms in total. The summed E-state index contributed by atoms with van der Waals surface area (Å²) >= 11 is 0. The van der Waals surface area contributed by atoms with Crippen LogP contribution in [0.5, 0.6) is 0 Å². The van der Waals surface area contributed by atoms with E-state index in [0.29, 0.717) is 34.2 Å². The van der Waals surface area contributed by atoms with Gasteiger partial charge in [0.15, 0.2) is 11.6 Å². The molecule has 0 radical (unpaired) electrons. The Balaban J connectivity index is 1.34. The molecular weight excluding hydrogens is 500 g/mol. The minimum atomic E-state index is -1.18. The van der Waals surface area contributed by atoms with Crippen LogP contribution in [0.1, 0.15) is 48.5 Å². The zero-order valence-electron chi connectivity index (χ0n) is 20.3. The Morgan fingerprint density at radius 1 is 1.08 bits per heavy atom. The molecule has 0 saturated carbocycles. The standard InChI is InChI=1S/C26H25F2N5O3S/c1-15(34)33-14-17-10-19(37(2)36)6-7-20(17)24(33)25(35)31-18-12-29-26(30-13-18)32-9-3-4-23(32)16-5-8-21(27)22(28)11-16/h5-8,10-13,23-24H,3-4,9,14H2,1-2H3,(H,31,35). The van der Waals surface area contributed by atoms with Gasteiger partial charge in [-0.05, 0) is 53.8 Å². The van der Waals surface area contributed by atoms with Crippen LogP contribution in [-0.2, 0) is 26.9 Å². The van der Waals surface area contributed by atoms with Crippen molar-refractivity contribution < 1.29 is 22.6 Å². The molecular formula is C26H25F2N5O3S. The van der Waals surface area contributed by atoms with Gasteiger partial charge >= 0.3 is 0 Å². The number of carbonyl (C=O) groups excluding carboxylic acids is 2. The molecule has 2 amide bonds. The lowest BCUT2D eigenvalue weighted by molar-refractivity contribution is -0.136. The Hall–Kier alpha value is -3.73. The van der Waals surface area contributed by atoms with E-state index in [1.807, 2.05) is 4.90 Å². The summed E-state index contributed by atoms with van der Waals surface area (Å²) in [6, 6.07) is 8.09. The van der Waals surface area contributed by atoms with Gasteiger partial charge < -0.3 is 15.1 Å². The number of halogens is 2. The average molecular weight is 526 g/mol. The van der Waals surface area contributed by atoms with Crippen molar-refractivity contribution in [1.29, 1.82) is 0 Å². The predicted octanol–water partition coefficient (Wildman–Crippen LogP) is 3.88. The van der Waals surface area contributed by atoms with Gasteiger partial charge in [0.1, 0.15) is 6.04 Å². The van der Waals surface area contributed by atoms with Crippen molar-refractivity contribution in [1.82, 2.24) is 14.9 Å². The third-order valence-corrected chi connectivity index (χ3v) is 7.71. The lowest BCUT2D eigenvalue weighted by Crippen LogP contribution is -2.35. The van der Waals surface area contributed by atoms with E-state index in [1.54, 1.807) is 30.5 Å². The van der Waals surface area contributed by atoms with Gasteiger partial charge in [0.05, 0.1) is 24.1 Å². The summed E-state index contributed by atoms with van der Waals surface area (Å²) in [7, 11) is -1.18. The molecule has 1 saturated heterocycles. The van der Waals surface area contributed by atoms with Crippen LogP contribution in [0.3, 0.4) is 0 Å². The molecule has 3 unspecified atom stereocenters. The minimum Gasteiger partial charge on any atom is -0.334 e. The molecule has 1 aromatic heterocycles. The first-order valence-electron chi connectivity index (χ1n) is 11.8. The Bertz CT molecular complexity index is 1400. The summed E-state index contributed by atoms with van der Waals surface area (Å²) in [6.07, 6.45) is 6.15. The summed E-state index contributed by atoms with van der Waals surface area (Å²) in [5.74, 6) is -2.02. The molecule has 3 heterocycles. The summed E-state index contributed by atoms with van der Waals surface area (Å²) in [4.78, 5) is 38.4. The van der Waals surface area contributed by atoms with Gasteiger partial charge in [0.2, 0.25) is 11.9 Å². The molecule has 1 N–H and O–H groups in total. The van der Waals surface area contributed by atoms with Crippen LogP contribution >= 0.6 is 0 Å². The number of hydrogen-bond acceptors (Lipinski definition) is 6. The number of carbonyl (C=O) groups is 2. The van der Waals surface area contributed by atoms with Gasteiger partial charge in [-0.25, -0.2) is 18.7 Å². The van der Waals surface area contributed by atoms with Crippen molar-refractivity contribution in [2.24, 2.45) is 0 Å². The van der Waals surface area contributed by atoms with E-state index in [1.165, 1.54) is 30.3 Å². The quantitative estimate of drug-likeness (QED) is 0.543. The van der Waals surface area contributed by atoms with Crippen LogP contribution in [0.4, 0.5) is 20.4 Å². The number of anilines is 2. The van der Waals surface area contributed by atoms with Gasteiger partial charge in [-0.15, -0.1) is 0 Å². The number of nitrogens with zero attached hydrogens (tertiary/aromatic N) is 4. The average Bonchev–Trinajstić information content (AvgIpc) is 3.51. The van der Waals surface area contributed by atoms with Gasteiger partial charge in [0, 0.05) is 42.0 Å². The summed E-state index contributed by atoms with van der Waals surface area (Å²) < 4.78 is 39.0. The van der Waals surface area contributed by atoms with Gasteiger partial charge in [0.25, 0.3) is 5.91 Å². The van der Waals surface area contributed by atoms with Crippen molar-refractivity contribution >= 4 is 34.2 Å². The van der Waals surface area contributed by atoms with Gasteiger partial charge in [-0.3, -0.25) is 13.8 Å². The van der Waals surface area contributed by atoms with Gasteiger partial charge in [-0.2, -0.15) is 0 Å². The first-order valence-corrected chi connectivity index (χ1v) is 13.4. The highest BCUT2D eigenvalue weighted by atomic mass is 32.2. The molecule has 0 spiro atoms. The minimum absolute atomic E-state index is 0.183. The molecule has 1 fully saturated rings. The summed E-state index contributed by atoms with van der Waals surface area (Å²) in [5.41, 5.74) is 2.48. The van der Waals surface area contributed by atoms with Crippen LogP contribution in [0.15, 0.2) is 53.7 Å². The maximum atomic E-state index is 13.8. The van der Waals surface area contributed by atoms with Crippen LogP contribution in [0, 0.1) is 11.6 Å². The topological polar surface area (TPSA) is 95.5 Å². The smallest absolute Gasteiger partial charge is 0.251 e. The normalized spacial score (nSPS) is 19.6. The summed E-state index contributed by atoms with van der Waals surface area (Å²) in [6.45, 7) is 2.32. The van der Waals surface area contributed by atoms with Crippen LogP contribution < -0.4 is 10.2 Å². The number of amides is 2. The third-order valence-electron chi connectivity index (χ3n) is 6.79. The van der Waals surface area contributed by atoms with Crippen molar-refractivity contribution in [3.05, 3.63) is 77.1 Å². The SMILES string of the molecule is CC(=O)N1Cc2cc(S(C)=O)ccc2C1C(=O)Nc1cnc(N2CCCC2c2ccc(F)c(F)c2)nc1. The fourth-order valence-electron chi connectivity index (χ4n) is 5.00. The molecule has 11 heteroatoms. The van der Waals surface area contributed by atoms with Crippen molar-refractivity contribution in [2.75, 3.05) is 23.0 Å². The number of rotatable bonds is 5. The lowest BCUT2D eigenvalue weighted by atomic mass is 10.0. The highest BCUT2D eigenvalue weighted by Gasteiger charge is 2.37. The maximum Gasteiger partial charge on any atom is 0.251 e. The van der Waals surface area contributed by atoms with Crippen molar-refractivity contribution in [3.63, 3.8) is 0 Å². The zero-order chi connectivity index (χ0) is 26.3. The molecule has 3 atom stereocenters. The van der Waals surface area contributed by atoms with E-state index in [0.717, 1.165) is 24.5 Å². The molecule has 37 heavy (non-hydrogen) atoms. The number of benzene rings is 2. The highest BCUT2D eigenvalue weighted by molar-refractivity contribution is 7.84. The number of hydrogen-bond donors (Lipinski definition) is 1. The molecule has 0 aliphatic carbocycles. The second-order valence-electron chi connectivity index (χ2n) is 9.15. The molecule has 5 rings (SSSR count). The number of aromatic nitrogens is 2. The Morgan fingerprint density at radius 3 is 2.51 bits per heavy atom. The van der Waals surface area contributed by atoms with Crippen molar-refractivity contribution in [3.8, 4) is 0 Å². The Labute approximate surface area is 215 Å². The van der Waals surface area contributed by atoms with Crippen molar-refractivity contribution in [2.45, 2.75) is 43.3 Å². The van der Waals surface area contributed by atoms with Crippen LogP contribution in [-0.4, -0.2) is 43.7 Å². The molecule has 2 aromatic carbocycles. The first-order chi connectivity index (χ1) is 17.7. The largest absolute Gasteiger partial charge is 0.334 e. The fraction of sp³-hybridized carbons (Fsp3) is 0.308. The lowest BCUT2D eigenvalue weighted by Gasteiger charge is -2.25. The highest BCUT2D eigenvalue weighted by Crippen LogP contribution is 2.37. The van der Waals surface area contributed by atoms with Crippen LogP contribution in [0.25, 0.3) is 0 Å². The van der Waals surface area contributed by atoms with E-state index in [4.69, 9.17) is 0 Å². The zero-order valence-corrected chi connectivity index (χ0v) is 21.1. The second kappa shape index (κ2) is 9.97. The molecule has 3 aromatic rings. The third kappa shape index (κ3) is 4.83. The number of fused-ring (bicyclic) bond motifs is 1.